The lowest BCUT2D eigenvalue weighted by atomic mass is 10.1. The molecule has 0 radical (unpaired) electrons. The zero-order chi connectivity index (χ0) is 20.3. The van der Waals surface area contributed by atoms with Gasteiger partial charge in [-0.1, -0.05) is 36.6 Å². The van der Waals surface area contributed by atoms with Gasteiger partial charge in [-0.05, 0) is 38.8 Å². The van der Waals surface area contributed by atoms with Crippen molar-refractivity contribution in [2.75, 3.05) is 13.1 Å². The Bertz CT molecular complexity index is 983. The predicted molar refractivity (Wildman–Crippen MR) is 110 cm³/mol. The number of ether oxygens (including phenoxy) is 1. The van der Waals surface area contributed by atoms with Crippen molar-refractivity contribution < 1.29 is 14.3 Å². The van der Waals surface area contributed by atoms with Crippen molar-refractivity contribution in [2.45, 2.75) is 45.6 Å². The quantitative estimate of drug-likeness (QED) is 0.638. The van der Waals surface area contributed by atoms with Crippen LogP contribution in [0.2, 0.25) is 0 Å². The summed E-state index contributed by atoms with van der Waals surface area (Å²) in [6.07, 6.45) is 2.91. The van der Waals surface area contributed by atoms with E-state index in [2.05, 4.69) is 18.4 Å². The maximum absolute atomic E-state index is 12.7. The molecule has 0 atom stereocenters. The molecule has 0 N–H and O–H groups in total. The van der Waals surface area contributed by atoms with Crippen molar-refractivity contribution in [3.8, 4) is 11.8 Å². The fourth-order valence-electron chi connectivity index (χ4n) is 3.22. The van der Waals surface area contributed by atoms with Gasteiger partial charge in [0.15, 0.2) is 0 Å². The zero-order valence-electron chi connectivity index (χ0n) is 16.7. The molecular weight excluding hydrogens is 352 g/mol. The number of carbonyl (C=O) groups is 2. The van der Waals surface area contributed by atoms with E-state index in [0.717, 1.165) is 16.5 Å². The van der Waals surface area contributed by atoms with E-state index in [1.54, 1.807) is 9.47 Å². The average Bonchev–Trinajstić information content (AvgIpc) is 2.99. The summed E-state index contributed by atoms with van der Waals surface area (Å²) in [6.45, 7) is 10.3. The first-order chi connectivity index (χ1) is 13.2. The van der Waals surface area contributed by atoms with Gasteiger partial charge in [0, 0.05) is 36.5 Å². The number of benzene rings is 1. The standard InChI is InChI=1S/C23H26N2O3/c1-17-9-5-8-12-21(26)25-16-18(19-10-6-7-11-20(19)25)13-14-24(15-17)22(27)28-23(2,3)4/h6-7,10-11,16H,1,8,12-15H2,2-4H3. The van der Waals surface area contributed by atoms with Gasteiger partial charge in [0.2, 0.25) is 5.91 Å². The Morgan fingerprint density at radius 1 is 1.21 bits per heavy atom. The lowest BCUT2D eigenvalue weighted by Gasteiger charge is -2.27. The minimum Gasteiger partial charge on any atom is -0.444 e. The van der Waals surface area contributed by atoms with Crippen molar-refractivity contribution in [3.05, 3.63) is 48.2 Å². The Kier molecular flexibility index (Phi) is 5.60. The Labute approximate surface area is 166 Å². The van der Waals surface area contributed by atoms with Gasteiger partial charge in [0.1, 0.15) is 5.60 Å². The van der Waals surface area contributed by atoms with E-state index < -0.39 is 5.60 Å². The smallest absolute Gasteiger partial charge is 0.410 e. The van der Waals surface area contributed by atoms with E-state index >= 15 is 0 Å². The second-order valence-corrected chi connectivity index (χ2v) is 7.99. The van der Waals surface area contributed by atoms with Gasteiger partial charge in [0.05, 0.1) is 12.1 Å². The van der Waals surface area contributed by atoms with Crippen LogP contribution in [0.15, 0.2) is 42.6 Å². The number of hydrogen-bond donors (Lipinski definition) is 0. The molecule has 1 aliphatic rings. The van der Waals surface area contributed by atoms with E-state index in [-0.39, 0.29) is 12.0 Å². The number of aromatic nitrogens is 1. The fourth-order valence-corrected chi connectivity index (χ4v) is 3.22. The first-order valence-corrected chi connectivity index (χ1v) is 9.51. The largest absolute Gasteiger partial charge is 0.444 e. The molecule has 0 aliphatic carbocycles. The molecule has 146 valence electrons. The van der Waals surface area contributed by atoms with Gasteiger partial charge in [-0.2, -0.15) is 0 Å². The molecule has 1 aromatic carbocycles. The summed E-state index contributed by atoms with van der Waals surface area (Å²) in [5.74, 6) is 5.99. The third kappa shape index (κ3) is 4.64. The number of amides is 1. The summed E-state index contributed by atoms with van der Waals surface area (Å²) >= 11 is 0. The number of hydrogen-bond acceptors (Lipinski definition) is 3. The minimum atomic E-state index is -0.576. The van der Waals surface area contributed by atoms with Crippen LogP contribution in [0.4, 0.5) is 4.79 Å². The highest BCUT2D eigenvalue weighted by Crippen LogP contribution is 2.23. The molecular formula is C23H26N2O3. The normalized spacial score (nSPS) is 15.9. The lowest BCUT2D eigenvalue weighted by molar-refractivity contribution is 0.0271. The van der Waals surface area contributed by atoms with Crippen molar-refractivity contribution in [1.29, 1.82) is 0 Å². The Hall–Kier alpha value is -3.00. The van der Waals surface area contributed by atoms with E-state index in [0.29, 0.717) is 37.9 Å². The maximum Gasteiger partial charge on any atom is 0.410 e. The van der Waals surface area contributed by atoms with Gasteiger partial charge in [0.25, 0.3) is 0 Å². The summed E-state index contributed by atoms with van der Waals surface area (Å²) in [4.78, 5) is 27.0. The number of carbonyl (C=O) groups excluding carboxylic acids is 2. The first kappa shape index (κ1) is 19.8. The zero-order valence-corrected chi connectivity index (χ0v) is 16.7. The second-order valence-electron chi connectivity index (χ2n) is 7.99. The molecule has 28 heavy (non-hydrogen) atoms. The molecule has 3 rings (SSSR count). The molecule has 2 bridgehead atoms. The van der Waals surface area contributed by atoms with E-state index in [9.17, 15) is 9.59 Å². The molecule has 0 saturated carbocycles. The topological polar surface area (TPSA) is 51.5 Å². The van der Waals surface area contributed by atoms with Gasteiger partial charge >= 0.3 is 6.09 Å². The molecule has 0 fully saturated rings. The van der Waals surface area contributed by atoms with Crippen LogP contribution in [-0.4, -0.2) is 40.2 Å². The van der Waals surface area contributed by atoms with Gasteiger partial charge in [-0.3, -0.25) is 9.36 Å². The van der Waals surface area contributed by atoms with E-state index in [1.165, 1.54) is 0 Å². The lowest BCUT2D eigenvalue weighted by Crippen LogP contribution is -2.39. The molecule has 0 saturated heterocycles. The van der Waals surface area contributed by atoms with Gasteiger partial charge < -0.3 is 9.64 Å². The van der Waals surface area contributed by atoms with E-state index in [1.807, 2.05) is 51.2 Å². The third-order valence-corrected chi connectivity index (χ3v) is 4.48. The number of fused-ring (bicyclic) bond motifs is 5. The van der Waals surface area contributed by atoms with Crippen LogP contribution in [0.1, 0.15) is 44.0 Å². The highest BCUT2D eigenvalue weighted by Gasteiger charge is 2.23. The summed E-state index contributed by atoms with van der Waals surface area (Å²) in [5.41, 5.74) is 1.98. The third-order valence-electron chi connectivity index (χ3n) is 4.48. The van der Waals surface area contributed by atoms with Crippen LogP contribution in [0.5, 0.6) is 0 Å². The highest BCUT2D eigenvalue weighted by atomic mass is 16.6. The summed E-state index contributed by atoms with van der Waals surface area (Å²) in [7, 11) is 0. The molecule has 0 unspecified atom stereocenters. The molecule has 0 spiro atoms. The van der Waals surface area contributed by atoms with Crippen LogP contribution >= 0.6 is 0 Å². The molecule has 2 heterocycles. The van der Waals surface area contributed by atoms with E-state index in [4.69, 9.17) is 4.74 Å². The average molecular weight is 378 g/mol. The Morgan fingerprint density at radius 3 is 2.71 bits per heavy atom. The number of para-hydroxylation sites is 1. The molecule has 2 aromatic rings. The van der Waals surface area contributed by atoms with Gasteiger partial charge in [-0.25, -0.2) is 4.79 Å². The number of nitrogens with zero attached hydrogens (tertiary/aromatic N) is 2. The van der Waals surface area contributed by atoms with Crippen molar-refractivity contribution >= 4 is 22.9 Å². The molecule has 5 nitrogen and oxygen atoms in total. The summed E-state index contributed by atoms with van der Waals surface area (Å²) < 4.78 is 7.26. The monoisotopic (exact) mass is 378 g/mol. The predicted octanol–water partition coefficient (Wildman–Crippen LogP) is 4.41. The fraction of sp³-hybridized carbons (Fsp3) is 0.391. The van der Waals surface area contributed by atoms with Crippen LogP contribution in [0, 0.1) is 11.8 Å². The number of rotatable bonds is 0. The van der Waals surface area contributed by atoms with Crippen LogP contribution in [0.25, 0.3) is 10.9 Å². The van der Waals surface area contributed by atoms with Crippen LogP contribution in [-0.2, 0) is 11.2 Å². The van der Waals surface area contributed by atoms with Crippen molar-refractivity contribution in [2.24, 2.45) is 0 Å². The first-order valence-electron chi connectivity index (χ1n) is 9.51. The molecule has 5 heteroatoms. The second kappa shape index (κ2) is 7.93. The van der Waals surface area contributed by atoms with Gasteiger partial charge in [-0.15, -0.1) is 0 Å². The van der Waals surface area contributed by atoms with Crippen LogP contribution < -0.4 is 0 Å². The highest BCUT2D eigenvalue weighted by molar-refractivity contribution is 5.94. The summed E-state index contributed by atoms with van der Waals surface area (Å²) in [6, 6.07) is 7.84. The van der Waals surface area contributed by atoms with Crippen LogP contribution in [0.3, 0.4) is 0 Å². The molecule has 1 aliphatic heterocycles. The minimum absolute atomic E-state index is 0.0191. The molecule has 1 amide bonds. The summed E-state index contributed by atoms with van der Waals surface area (Å²) in [5, 5.41) is 1.03. The molecule has 1 aromatic heterocycles. The Balaban J connectivity index is 1.96. The van der Waals surface area contributed by atoms with Crippen molar-refractivity contribution in [1.82, 2.24) is 9.47 Å². The Morgan fingerprint density at radius 2 is 1.96 bits per heavy atom. The van der Waals surface area contributed by atoms with Crippen molar-refractivity contribution in [3.63, 3.8) is 0 Å². The maximum atomic E-state index is 12.7. The SMILES string of the molecule is C=C1C#CCCC(=O)n2cc(c3ccccc32)CCN(C(=O)OC(C)(C)C)C1.